The standard InChI is InChI=1S/C19H22N4O/c1-24-19-15(11-14-5-2-3-7-17(14)22-19)12-20-13-16-6-4-8-18-21-9-10-23(16)18/h2-3,5,7,9-11,16,20H,4,6,8,12-13H2,1H3. The molecule has 124 valence electrons. The van der Waals surface area contributed by atoms with Crippen molar-refractivity contribution in [3.8, 4) is 5.88 Å². The molecule has 1 N–H and O–H groups in total. The number of imidazole rings is 1. The van der Waals surface area contributed by atoms with Crippen molar-refractivity contribution >= 4 is 10.9 Å². The minimum atomic E-state index is 0.482. The van der Waals surface area contributed by atoms with Crippen LogP contribution >= 0.6 is 0 Å². The van der Waals surface area contributed by atoms with Gasteiger partial charge in [-0.3, -0.25) is 0 Å². The summed E-state index contributed by atoms with van der Waals surface area (Å²) in [6, 6.07) is 10.8. The summed E-state index contributed by atoms with van der Waals surface area (Å²) in [4.78, 5) is 9.05. The molecule has 2 aromatic heterocycles. The molecule has 1 aromatic carbocycles. The van der Waals surface area contributed by atoms with Gasteiger partial charge in [0.2, 0.25) is 5.88 Å². The number of aryl methyl sites for hydroxylation is 1. The van der Waals surface area contributed by atoms with Crippen LogP contribution in [0.3, 0.4) is 0 Å². The first-order valence-electron chi connectivity index (χ1n) is 8.50. The molecule has 1 aliphatic rings. The van der Waals surface area contributed by atoms with Crippen molar-refractivity contribution < 1.29 is 4.74 Å². The lowest BCUT2D eigenvalue weighted by molar-refractivity contribution is 0.369. The van der Waals surface area contributed by atoms with Crippen molar-refractivity contribution in [3.05, 3.63) is 54.1 Å². The van der Waals surface area contributed by atoms with E-state index in [1.165, 1.54) is 18.7 Å². The number of pyridine rings is 1. The van der Waals surface area contributed by atoms with Gasteiger partial charge in [0, 0.05) is 48.9 Å². The summed E-state index contributed by atoms with van der Waals surface area (Å²) >= 11 is 0. The lowest BCUT2D eigenvalue weighted by Gasteiger charge is -2.25. The highest BCUT2D eigenvalue weighted by Gasteiger charge is 2.19. The minimum Gasteiger partial charge on any atom is -0.481 e. The van der Waals surface area contributed by atoms with E-state index in [0.29, 0.717) is 11.9 Å². The third-order valence-electron chi connectivity index (χ3n) is 4.73. The third kappa shape index (κ3) is 2.87. The predicted octanol–water partition coefficient (Wildman–Crippen LogP) is 3.11. The van der Waals surface area contributed by atoms with Gasteiger partial charge < -0.3 is 14.6 Å². The number of ether oxygens (including phenoxy) is 1. The Bertz CT molecular complexity index is 842. The quantitative estimate of drug-likeness (QED) is 0.784. The fourth-order valence-electron chi connectivity index (χ4n) is 3.52. The molecule has 4 rings (SSSR count). The summed E-state index contributed by atoms with van der Waals surface area (Å²) in [7, 11) is 1.68. The molecule has 3 heterocycles. The number of hydrogen-bond donors (Lipinski definition) is 1. The molecule has 24 heavy (non-hydrogen) atoms. The zero-order valence-corrected chi connectivity index (χ0v) is 13.9. The van der Waals surface area contributed by atoms with Crippen molar-refractivity contribution in [1.82, 2.24) is 19.9 Å². The Morgan fingerprint density at radius 2 is 2.25 bits per heavy atom. The van der Waals surface area contributed by atoms with Crippen LogP contribution in [0.5, 0.6) is 5.88 Å². The zero-order valence-electron chi connectivity index (χ0n) is 13.9. The molecule has 0 saturated heterocycles. The molecule has 0 aliphatic carbocycles. The normalized spacial score (nSPS) is 17.0. The van der Waals surface area contributed by atoms with Crippen molar-refractivity contribution in [2.45, 2.75) is 31.8 Å². The second kappa shape index (κ2) is 6.61. The number of hydrogen-bond acceptors (Lipinski definition) is 4. The van der Waals surface area contributed by atoms with E-state index in [2.05, 4.69) is 38.2 Å². The molecular formula is C19H22N4O. The number of nitrogens with zero attached hydrogens (tertiary/aromatic N) is 3. The highest BCUT2D eigenvalue weighted by molar-refractivity contribution is 5.80. The largest absolute Gasteiger partial charge is 0.481 e. The Balaban J connectivity index is 1.47. The molecule has 1 unspecified atom stereocenters. The molecule has 5 nitrogen and oxygen atoms in total. The van der Waals surface area contributed by atoms with Gasteiger partial charge in [0.25, 0.3) is 0 Å². The van der Waals surface area contributed by atoms with Crippen molar-refractivity contribution in [2.24, 2.45) is 0 Å². The molecule has 0 bridgehead atoms. The first kappa shape index (κ1) is 15.1. The molecule has 0 radical (unpaired) electrons. The van der Waals surface area contributed by atoms with Crippen LogP contribution in [-0.2, 0) is 13.0 Å². The van der Waals surface area contributed by atoms with Crippen molar-refractivity contribution in [1.29, 1.82) is 0 Å². The molecule has 0 fully saturated rings. The van der Waals surface area contributed by atoms with Crippen LogP contribution in [0.25, 0.3) is 10.9 Å². The molecular weight excluding hydrogens is 300 g/mol. The molecule has 1 aliphatic heterocycles. The monoisotopic (exact) mass is 322 g/mol. The summed E-state index contributed by atoms with van der Waals surface area (Å²) < 4.78 is 7.79. The Kier molecular flexibility index (Phi) is 4.17. The average Bonchev–Trinajstić information content (AvgIpc) is 3.10. The summed E-state index contributed by atoms with van der Waals surface area (Å²) in [5, 5.41) is 4.72. The summed E-state index contributed by atoms with van der Waals surface area (Å²) in [6.07, 6.45) is 7.50. The Morgan fingerprint density at radius 1 is 1.33 bits per heavy atom. The van der Waals surface area contributed by atoms with Gasteiger partial charge >= 0.3 is 0 Å². The Morgan fingerprint density at radius 3 is 3.17 bits per heavy atom. The van der Waals surface area contributed by atoms with Gasteiger partial charge in [0.15, 0.2) is 0 Å². The van der Waals surface area contributed by atoms with Gasteiger partial charge in [-0.05, 0) is 25.0 Å². The lowest BCUT2D eigenvalue weighted by Crippen LogP contribution is -2.28. The molecule has 0 saturated carbocycles. The number of benzene rings is 1. The van der Waals surface area contributed by atoms with Crippen LogP contribution in [0.15, 0.2) is 42.7 Å². The number of fused-ring (bicyclic) bond motifs is 2. The fourth-order valence-corrected chi connectivity index (χ4v) is 3.52. The predicted molar refractivity (Wildman–Crippen MR) is 94.2 cm³/mol. The van der Waals surface area contributed by atoms with Crippen LogP contribution in [-0.4, -0.2) is 28.2 Å². The maximum atomic E-state index is 5.47. The number of methoxy groups -OCH3 is 1. The SMILES string of the molecule is COc1nc2ccccc2cc1CNCC1CCCc2nccn21. The lowest BCUT2D eigenvalue weighted by atomic mass is 10.0. The fraction of sp³-hybridized carbons (Fsp3) is 0.368. The number of nitrogens with one attached hydrogen (secondary N) is 1. The van der Waals surface area contributed by atoms with Crippen molar-refractivity contribution in [2.75, 3.05) is 13.7 Å². The number of aromatic nitrogens is 3. The van der Waals surface area contributed by atoms with Crippen LogP contribution in [0.1, 0.15) is 30.3 Å². The first-order chi connectivity index (χ1) is 11.8. The molecule has 0 spiro atoms. The molecule has 1 atom stereocenters. The van der Waals surface area contributed by atoms with Gasteiger partial charge in [0.1, 0.15) is 5.82 Å². The topological polar surface area (TPSA) is 52.0 Å². The van der Waals surface area contributed by atoms with Crippen LogP contribution < -0.4 is 10.1 Å². The summed E-state index contributed by atoms with van der Waals surface area (Å²) in [6.45, 7) is 1.68. The maximum Gasteiger partial charge on any atom is 0.218 e. The third-order valence-corrected chi connectivity index (χ3v) is 4.73. The summed E-state index contributed by atoms with van der Waals surface area (Å²) in [5.41, 5.74) is 2.06. The minimum absolute atomic E-state index is 0.482. The molecule has 5 heteroatoms. The average molecular weight is 322 g/mol. The van der Waals surface area contributed by atoms with Gasteiger partial charge in [-0.25, -0.2) is 9.97 Å². The van der Waals surface area contributed by atoms with E-state index < -0.39 is 0 Å². The van der Waals surface area contributed by atoms with E-state index in [9.17, 15) is 0 Å². The van der Waals surface area contributed by atoms with Gasteiger partial charge in [-0.2, -0.15) is 0 Å². The Labute approximate surface area is 141 Å². The van der Waals surface area contributed by atoms with Crippen molar-refractivity contribution in [3.63, 3.8) is 0 Å². The second-order valence-electron chi connectivity index (χ2n) is 6.28. The van der Waals surface area contributed by atoms with Gasteiger partial charge in [0.05, 0.1) is 12.6 Å². The van der Waals surface area contributed by atoms with Gasteiger partial charge in [-0.15, -0.1) is 0 Å². The maximum absolute atomic E-state index is 5.47. The zero-order chi connectivity index (χ0) is 16.4. The molecule has 0 amide bonds. The highest BCUT2D eigenvalue weighted by atomic mass is 16.5. The highest BCUT2D eigenvalue weighted by Crippen LogP contribution is 2.24. The summed E-state index contributed by atoms with van der Waals surface area (Å²) in [5.74, 6) is 1.91. The second-order valence-corrected chi connectivity index (χ2v) is 6.28. The smallest absolute Gasteiger partial charge is 0.218 e. The van der Waals surface area contributed by atoms with E-state index in [-0.39, 0.29) is 0 Å². The Hall–Kier alpha value is -2.40. The number of rotatable bonds is 5. The van der Waals surface area contributed by atoms with E-state index in [4.69, 9.17) is 4.74 Å². The van der Waals surface area contributed by atoms with Crippen LogP contribution in [0.2, 0.25) is 0 Å². The van der Waals surface area contributed by atoms with E-state index in [0.717, 1.165) is 36.0 Å². The van der Waals surface area contributed by atoms with E-state index in [1.54, 1.807) is 7.11 Å². The van der Waals surface area contributed by atoms with E-state index in [1.807, 2.05) is 24.4 Å². The van der Waals surface area contributed by atoms with Crippen LogP contribution in [0.4, 0.5) is 0 Å². The van der Waals surface area contributed by atoms with Crippen LogP contribution in [0, 0.1) is 0 Å². The first-order valence-corrected chi connectivity index (χ1v) is 8.50. The molecule has 3 aromatic rings. The number of para-hydroxylation sites is 1. The van der Waals surface area contributed by atoms with E-state index >= 15 is 0 Å². The van der Waals surface area contributed by atoms with Gasteiger partial charge in [-0.1, -0.05) is 18.2 Å².